The number of aldehydes is 1. The molecule has 34 heteroatoms. The Balaban J connectivity index is 0.000000240. The normalized spacial score (nSPS) is 13.6. The van der Waals surface area contributed by atoms with Crippen LogP contribution in [-0.4, -0.2) is 188 Å². The topological polar surface area (TPSA) is 406 Å². The zero-order valence-electron chi connectivity index (χ0n) is 81.8. The van der Waals surface area contributed by atoms with Crippen LogP contribution < -0.4 is 64.2 Å². The molecule has 13 N–H and O–H groups in total. The number of carbonyl (C=O) groups excluding carboxylic acids is 8. The van der Waals surface area contributed by atoms with Crippen molar-refractivity contribution in [3.63, 3.8) is 0 Å². The standard InChI is InChI=1S/C28H33N3O4.C25H29N5O3.C20H21N5O.C18H15ClN2O2.C10H19NO2.C2HF3O.2C2H4.CH4.H3N/c1-5-34-27(33)23-18-29-24-12-11-21(17-22(24)25(23)30-20-9-7-6-8-10-20)31-15-13-19(14-16-31)26(32)35-28(2,3)4;1-25(2,3)33-24(32)30-13-11-29(12-14-30)18-9-10-21-19(15-18)22(20(16-27-21)23(26)31)28-17-7-5-4-6-8-17;21-20(26)17-13-23-18-7-6-15(25-10-8-22-9-11-25)12-16(18)19(17)24-14-4-2-1-3-5-14;1-2-23-18(22)15-11-20-16-9-8-12(19)10-14(16)17(15)21-13-6-4-3-5-7-13;1-10(2,3)13-9(12)8-4-6-11-7-5-8;3-2(4,5)1-6;2*1-2;;/h6-12,17-19H,5,13-16H2,1-4H3,(H,29,30);4-10,15-16H,11-14H2,1-3H3,(H2,26,31)(H,27,28);1-7,12-13,22H,8-11H2,(H2,21,26)(H,23,24);3-11H,2H2,1H3,(H,20,21);8,11H,4-7H2,1-3H3;1H;2*1-2H2;1H4;1H3. The smallest absolute Gasteiger partial charge is 0.446 e. The maximum atomic E-state index is 12.7. The third-order valence-corrected chi connectivity index (χ3v) is 21.9. The molecule has 142 heavy (non-hydrogen) atoms. The summed E-state index contributed by atoms with van der Waals surface area (Å²) in [6.45, 7) is 42.9. The van der Waals surface area contributed by atoms with Crippen LogP contribution >= 0.6 is 11.6 Å². The summed E-state index contributed by atoms with van der Waals surface area (Å²) in [4.78, 5) is 120. The average molecular weight is 1970 g/mol. The Kier molecular flexibility index (Phi) is 44.0. The summed E-state index contributed by atoms with van der Waals surface area (Å²) in [7, 11) is 0. The minimum absolute atomic E-state index is 0. The summed E-state index contributed by atoms with van der Waals surface area (Å²) in [6.07, 6.45) is 3.46. The van der Waals surface area contributed by atoms with E-state index in [0.717, 1.165) is 161 Å². The van der Waals surface area contributed by atoms with Crippen molar-refractivity contribution < 1.29 is 75.2 Å². The van der Waals surface area contributed by atoms with Gasteiger partial charge < -0.3 is 92.8 Å². The van der Waals surface area contributed by atoms with Gasteiger partial charge in [-0.05, 0) is 236 Å². The molecule has 756 valence electrons. The van der Waals surface area contributed by atoms with Gasteiger partial charge in [0.1, 0.15) is 27.9 Å². The fraction of sp³-hybridized carbons (Fsp3) is 0.333. The number of halogens is 4. The number of fused-ring (bicyclic) bond motifs is 4. The van der Waals surface area contributed by atoms with Crippen molar-refractivity contribution in [2.24, 2.45) is 23.3 Å². The molecule has 0 saturated carbocycles. The first-order chi connectivity index (χ1) is 66.9. The molecule has 4 aliphatic rings. The van der Waals surface area contributed by atoms with Crippen molar-refractivity contribution in [3.8, 4) is 0 Å². The number of hydrogen-bond acceptors (Lipinski definition) is 27. The molecule has 0 spiro atoms. The number of piperazine rings is 2. The molecular formula is C108H133ClF3N17O13. The van der Waals surface area contributed by atoms with Gasteiger partial charge in [0.15, 0.2) is 0 Å². The zero-order chi connectivity index (χ0) is 102. The Morgan fingerprint density at radius 2 is 0.704 bits per heavy atom. The van der Waals surface area contributed by atoms with E-state index in [0.29, 0.717) is 82.8 Å². The summed E-state index contributed by atoms with van der Waals surface area (Å²) in [5.74, 6) is -1.99. The number of carbonyl (C=O) groups is 8. The maximum Gasteiger partial charge on any atom is 0.446 e. The van der Waals surface area contributed by atoms with Gasteiger partial charge in [0.25, 0.3) is 11.8 Å². The van der Waals surface area contributed by atoms with Crippen LogP contribution in [0.15, 0.2) is 245 Å². The lowest BCUT2D eigenvalue weighted by Crippen LogP contribution is -2.50. The van der Waals surface area contributed by atoms with Crippen molar-refractivity contribution in [2.45, 2.75) is 132 Å². The second-order valence-corrected chi connectivity index (χ2v) is 35.7. The van der Waals surface area contributed by atoms with E-state index in [4.69, 9.17) is 51.5 Å². The summed E-state index contributed by atoms with van der Waals surface area (Å²) < 4.78 is 58.1. The van der Waals surface area contributed by atoms with Gasteiger partial charge in [0, 0.05) is 157 Å². The molecule has 0 atom stereocenters. The molecule has 0 aliphatic carbocycles. The van der Waals surface area contributed by atoms with E-state index in [-0.39, 0.29) is 55.7 Å². The molecule has 0 bridgehead atoms. The van der Waals surface area contributed by atoms with Crippen molar-refractivity contribution >= 4 is 166 Å². The minimum Gasteiger partial charge on any atom is -0.462 e. The van der Waals surface area contributed by atoms with Crippen LogP contribution in [0.5, 0.6) is 0 Å². The number of pyridine rings is 4. The molecule has 12 aromatic rings. The van der Waals surface area contributed by atoms with Gasteiger partial charge in [0.05, 0.1) is 81.0 Å². The SMILES string of the molecule is C.C=C.C=C.CC(C)(C)OC(=O)C1CCNCC1.CC(C)(C)OC(=O)N1CCN(c2ccc3ncc(C(N)=O)c(Nc4ccccc4)c3c2)CC1.CCOC(=O)c1cnc2ccc(Cl)cc2c1Nc1ccccc1.CCOC(=O)c1cnc2ccc(N3CCC(C(=O)OC(C)(C)C)CC3)cc2c1Nc1ccccc1.N.NC(=O)c1cnc2ccc(N3CCNCC3)cc2c1Nc1ccccc1.O=CC(F)(F)F. The summed E-state index contributed by atoms with van der Waals surface area (Å²) in [5.41, 5.74) is 23.8. The second kappa shape index (κ2) is 54.7. The van der Waals surface area contributed by atoms with Gasteiger partial charge in [-0.25, -0.2) is 14.4 Å². The molecule has 30 nitrogen and oxygen atoms in total. The highest BCUT2D eigenvalue weighted by Crippen LogP contribution is 2.39. The Hall–Kier alpha value is -14.8. The van der Waals surface area contributed by atoms with Crippen molar-refractivity contribution in [1.29, 1.82) is 0 Å². The predicted molar refractivity (Wildman–Crippen MR) is 564 cm³/mol. The Morgan fingerprint density at radius 3 is 1.02 bits per heavy atom. The van der Waals surface area contributed by atoms with Crippen LogP contribution in [0, 0.1) is 11.8 Å². The van der Waals surface area contributed by atoms with Crippen LogP contribution in [0.1, 0.15) is 151 Å². The lowest BCUT2D eigenvalue weighted by molar-refractivity contribution is -0.161. The molecule has 8 aromatic carbocycles. The number of anilines is 11. The maximum absolute atomic E-state index is 12.7. The Labute approximate surface area is 833 Å². The number of nitrogens with two attached hydrogens (primary N) is 2. The minimum atomic E-state index is -4.64. The number of esters is 4. The number of ether oxygens (including phenoxy) is 5. The molecule has 4 aliphatic heterocycles. The summed E-state index contributed by atoms with van der Waals surface area (Å²) in [5, 5.41) is 23.9. The molecule has 16 rings (SSSR count). The first kappa shape index (κ1) is 114. The number of rotatable bonds is 19. The number of amides is 3. The predicted octanol–water partition coefficient (Wildman–Crippen LogP) is 21.6. The second-order valence-electron chi connectivity index (χ2n) is 35.3. The number of piperidine rings is 2. The van der Waals surface area contributed by atoms with Gasteiger partial charge in [-0.1, -0.05) is 91.8 Å². The van der Waals surface area contributed by atoms with Gasteiger partial charge in [-0.2, -0.15) is 13.2 Å². The van der Waals surface area contributed by atoms with Crippen molar-refractivity contribution in [1.82, 2.24) is 41.6 Å². The van der Waals surface area contributed by atoms with Crippen LogP contribution in [-0.2, 0) is 38.1 Å². The third-order valence-electron chi connectivity index (χ3n) is 21.7. The Bertz CT molecular complexity index is 6150. The van der Waals surface area contributed by atoms with Gasteiger partial charge in [-0.3, -0.25) is 43.9 Å². The van der Waals surface area contributed by atoms with E-state index in [1.54, 1.807) is 43.3 Å². The fourth-order valence-electron chi connectivity index (χ4n) is 15.2. The van der Waals surface area contributed by atoms with Gasteiger partial charge in [-0.15, -0.1) is 26.3 Å². The van der Waals surface area contributed by atoms with E-state index >= 15 is 0 Å². The lowest BCUT2D eigenvalue weighted by Gasteiger charge is -2.36. The van der Waals surface area contributed by atoms with Gasteiger partial charge >= 0.3 is 36.1 Å². The number of alkyl halides is 3. The quantitative estimate of drug-likeness (QED) is 0.0157. The molecule has 3 amide bonds. The van der Waals surface area contributed by atoms with Crippen LogP contribution in [0.25, 0.3) is 43.6 Å². The van der Waals surface area contributed by atoms with Gasteiger partial charge in [0.2, 0.25) is 6.29 Å². The third kappa shape index (κ3) is 34.3. The summed E-state index contributed by atoms with van der Waals surface area (Å²) >= 11 is 6.11. The molecule has 4 aromatic heterocycles. The molecule has 4 fully saturated rings. The Morgan fingerprint density at radius 1 is 0.415 bits per heavy atom. The van der Waals surface area contributed by atoms with E-state index in [9.17, 15) is 46.7 Å². The van der Waals surface area contributed by atoms with Crippen molar-refractivity contribution in [3.05, 3.63) is 273 Å². The number of aromatic nitrogens is 4. The number of benzene rings is 8. The van der Waals surface area contributed by atoms with E-state index in [1.807, 2.05) is 226 Å². The molecule has 8 heterocycles. The number of primary amides is 2. The largest absolute Gasteiger partial charge is 0.462 e. The number of nitrogens with one attached hydrogen (secondary N) is 6. The van der Waals surface area contributed by atoms with Crippen LogP contribution in [0.4, 0.5) is 80.5 Å². The van der Waals surface area contributed by atoms with E-state index in [2.05, 4.69) is 111 Å². The highest BCUT2D eigenvalue weighted by Gasteiger charge is 2.33. The number of para-hydroxylation sites is 4. The first-order valence-corrected chi connectivity index (χ1v) is 46.5. The van der Waals surface area contributed by atoms with Crippen LogP contribution in [0.2, 0.25) is 5.02 Å². The fourth-order valence-corrected chi connectivity index (χ4v) is 15.4. The molecular weight excluding hydrogens is 1840 g/mol. The van der Waals surface area contributed by atoms with Crippen molar-refractivity contribution in [2.75, 3.05) is 128 Å². The van der Waals surface area contributed by atoms with E-state index < -0.39 is 47.4 Å². The first-order valence-electron chi connectivity index (χ1n) is 46.1. The van der Waals surface area contributed by atoms with E-state index in [1.165, 1.54) is 12.4 Å². The molecule has 0 radical (unpaired) electrons. The molecule has 0 unspecified atom stereocenters. The van der Waals surface area contributed by atoms with Crippen LogP contribution in [0.3, 0.4) is 0 Å². The number of nitrogens with zero attached hydrogens (tertiary/aromatic N) is 8. The molecule has 4 saturated heterocycles. The number of hydrogen-bond donors (Lipinski definition) is 9. The summed E-state index contributed by atoms with van der Waals surface area (Å²) in [6, 6.07) is 62.3. The lowest BCUT2D eigenvalue weighted by atomic mass is 9.96. The highest BCUT2D eigenvalue weighted by atomic mass is 35.5. The highest BCUT2D eigenvalue weighted by molar-refractivity contribution is 6.31. The monoisotopic (exact) mass is 1970 g/mol. The zero-order valence-corrected chi connectivity index (χ0v) is 82.6. The average Bonchev–Trinajstić information content (AvgIpc) is 0.789.